The van der Waals surface area contributed by atoms with Gasteiger partial charge in [-0.2, -0.15) is 0 Å². The topological polar surface area (TPSA) is 74.3 Å². The number of nitrogens with zero attached hydrogens (tertiary/aromatic N) is 2. The Labute approximate surface area is 149 Å². The Balaban J connectivity index is 1.84. The van der Waals surface area contributed by atoms with Crippen molar-refractivity contribution in [3.63, 3.8) is 0 Å². The number of aromatic nitrogens is 2. The Hall–Kier alpha value is -2.54. The molecule has 7 heteroatoms. The normalized spacial score (nSPS) is 11.0. The summed E-state index contributed by atoms with van der Waals surface area (Å²) in [5, 5.41) is 0.735. The maximum Gasteiger partial charge on any atom is 0.338 e. The van der Waals surface area contributed by atoms with Gasteiger partial charge in [-0.05, 0) is 44.2 Å². The molecule has 0 saturated carbocycles. The summed E-state index contributed by atoms with van der Waals surface area (Å²) >= 11 is 1.35. The Bertz CT molecular complexity index is 899. The van der Waals surface area contributed by atoms with Crippen LogP contribution in [0.2, 0.25) is 0 Å². The summed E-state index contributed by atoms with van der Waals surface area (Å²) in [5.74, 6) is 0.132. The first-order valence-electron chi connectivity index (χ1n) is 8.01. The number of benzene rings is 1. The van der Waals surface area contributed by atoms with E-state index in [0.717, 1.165) is 10.7 Å². The molecular weight excluding hydrogens is 340 g/mol. The summed E-state index contributed by atoms with van der Waals surface area (Å²) in [5.41, 5.74) is 2.10. The largest absolute Gasteiger partial charge is 0.462 e. The van der Waals surface area contributed by atoms with E-state index >= 15 is 0 Å². The zero-order chi connectivity index (χ0) is 17.8. The van der Waals surface area contributed by atoms with Crippen LogP contribution in [0.5, 0.6) is 0 Å². The van der Waals surface area contributed by atoms with Gasteiger partial charge in [0, 0.05) is 6.54 Å². The fourth-order valence-corrected chi connectivity index (χ4v) is 3.45. The molecule has 2 aromatic heterocycles. The fraction of sp³-hybridized carbons (Fsp3) is 0.278. The number of ether oxygens (including phenoxy) is 1. The molecule has 0 saturated heterocycles. The van der Waals surface area contributed by atoms with Gasteiger partial charge in [0.15, 0.2) is 10.9 Å². The highest BCUT2D eigenvalue weighted by molar-refractivity contribution is 7.99. The Morgan fingerprint density at radius 3 is 2.80 bits per heavy atom. The van der Waals surface area contributed by atoms with Crippen LogP contribution < -0.4 is 0 Å². The number of furan rings is 1. The minimum Gasteiger partial charge on any atom is -0.462 e. The van der Waals surface area contributed by atoms with E-state index < -0.39 is 0 Å². The molecule has 3 rings (SSSR count). The lowest BCUT2D eigenvalue weighted by molar-refractivity contribution is 0.0526. The molecule has 1 aromatic carbocycles. The number of Topliss-reactive ketones (excluding diaryl/α,β-unsaturated/α-hetero) is 1. The van der Waals surface area contributed by atoms with Gasteiger partial charge in [-0.1, -0.05) is 11.8 Å². The number of aryl methyl sites for hydroxylation is 1. The van der Waals surface area contributed by atoms with E-state index in [1.165, 1.54) is 18.0 Å². The molecule has 0 aliphatic rings. The number of esters is 1. The van der Waals surface area contributed by atoms with Crippen molar-refractivity contribution < 1.29 is 18.7 Å². The van der Waals surface area contributed by atoms with Crippen LogP contribution in [0.25, 0.3) is 11.0 Å². The number of ketones is 1. The van der Waals surface area contributed by atoms with Crippen molar-refractivity contribution in [3.05, 3.63) is 47.9 Å². The molecule has 0 fully saturated rings. The zero-order valence-corrected chi connectivity index (χ0v) is 14.8. The summed E-state index contributed by atoms with van der Waals surface area (Å²) in [4.78, 5) is 28.6. The van der Waals surface area contributed by atoms with Crippen LogP contribution in [0.15, 0.2) is 46.2 Å². The highest BCUT2D eigenvalue weighted by atomic mass is 32.2. The van der Waals surface area contributed by atoms with Crippen LogP contribution >= 0.6 is 11.8 Å². The molecule has 0 spiro atoms. The van der Waals surface area contributed by atoms with E-state index in [4.69, 9.17) is 9.15 Å². The third-order valence-corrected chi connectivity index (χ3v) is 4.65. The Morgan fingerprint density at radius 2 is 2.12 bits per heavy atom. The highest BCUT2D eigenvalue weighted by Gasteiger charge is 2.16. The first-order chi connectivity index (χ1) is 12.1. The van der Waals surface area contributed by atoms with Crippen LogP contribution in [0.3, 0.4) is 0 Å². The van der Waals surface area contributed by atoms with Crippen LogP contribution in [-0.2, 0) is 11.3 Å². The monoisotopic (exact) mass is 358 g/mol. The van der Waals surface area contributed by atoms with Crippen molar-refractivity contribution in [2.75, 3.05) is 12.4 Å². The second-order valence-corrected chi connectivity index (χ2v) is 6.19. The van der Waals surface area contributed by atoms with Gasteiger partial charge in [-0.25, -0.2) is 9.78 Å². The lowest BCUT2D eigenvalue weighted by Gasteiger charge is -2.05. The van der Waals surface area contributed by atoms with E-state index in [9.17, 15) is 9.59 Å². The predicted molar refractivity (Wildman–Crippen MR) is 95.1 cm³/mol. The van der Waals surface area contributed by atoms with E-state index in [1.54, 1.807) is 31.2 Å². The average molecular weight is 358 g/mol. The molecule has 2 heterocycles. The van der Waals surface area contributed by atoms with Gasteiger partial charge in [-0.3, -0.25) is 4.79 Å². The SMILES string of the molecule is CCOC(=O)c1ccc2c(c1)nc(SCC(=O)c1ccco1)n2CC. The number of hydrogen-bond acceptors (Lipinski definition) is 6. The zero-order valence-electron chi connectivity index (χ0n) is 14.0. The van der Waals surface area contributed by atoms with Crippen molar-refractivity contribution in [1.29, 1.82) is 0 Å². The number of rotatable bonds is 7. The lowest BCUT2D eigenvalue weighted by Crippen LogP contribution is -2.04. The molecule has 6 nitrogen and oxygen atoms in total. The third kappa shape index (κ3) is 3.61. The molecule has 0 radical (unpaired) electrons. The standard InChI is InChI=1S/C18H18N2O4S/c1-3-20-14-8-7-12(17(22)23-4-2)10-13(14)19-18(20)25-11-15(21)16-6-5-9-24-16/h5-10H,3-4,11H2,1-2H3. The molecule has 0 atom stereocenters. The number of fused-ring (bicyclic) bond motifs is 1. The van der Waals surface area contributed by atoms with Gasteiger partial charge in [0.05, 0.1) is 35.2 Å². The minimum atomic E-state index is -0.363. The number of hydrogen-bond donors (Lipinski definition) is 0. The number of imidazole rings is 1. The Kier molecular flexibility index (Phi) is 5.23. The second-order valence-electron chi connectivity index (χ2n) is 5.25. The van der Waals surface area contributed by atoms with Crippen LogP contribution in [0, 0.1) is 0 Å². The van der Waals surface area contributed by atoms with Gasteiger partial charge in [0.25, 0.3) is 0 Å². The van der Waals surface area contributed by atoms with Crippen molar-refractivity contribution in [2.24, 2.45) is 0 Å². The maximum absolute atomic E-state index is 12.1. The molecule has 130 valence electrons. The molecule has 3 aromatic rings. The molecule has 0 bridgehead atoms. The summed E-state index contributed by atoms with van der Waals surface area (Å²) < 4.78 is 12.2. The lowest BCUT2D eigenvalue weighted by atomic mass is 10.2. The third-order valence-electron chi connectivity index (χ3n) is 3.67. The molecule has 0 unspecified atom stereocenters. The van der Waals surface area contributed by atoms with E-state index in [0.29, 0.717) is 30.0 Å². The van der Waals surface area contributed by atoms with Crippen LogP contribution in [0.4, 0.5) is 0 Å². The summed E-state index contributed by atoms with van der Waals surface area (Å²) in [6, 6.07) is 8.65. The molecule has 25 heavy (non-hydrogen) atoms. The number of carbonyl (C=O) groups is 2. The number of carbonyl (C=O) groups excluding carboxylic acids is 2. The van der Waals surface area contributed by atoms with Crippen molar-refractivity contribution in [1.82, 2.24) is 9.55 Å². The summed E-state index contributed by atoms with van der Waals surface area (Å²) in [6.07, 6.45) is 1.48. The predicted octanol–water partition coefficient (Wildman–Crippen LogP) is 3.80. The molecule has 0 aliphatic carbocycles. The van der Waals surface area contributed by atoms with Gasteiger partial charge in [0.2, 0.25) is 5.78 Å². The van der Waals surface area contributed by atoms with Crippen molar-refractivity contribution in [3.8, 4) is 0 Å². The maximum atomic E-state index is 12.1. The first kappa shape index (κ1) is 17.3. The van der Waals surface area contributed by atoms with E-state index in [-0.39, 0.29) is 17.5 Å². The van der Waals surface area contributed by atoms with Gasteiger partial charge >= 0.3 is 5.97 Å². The molecule has 0 N–H and O–H groups in total. The molecule has 0 aliphatic heterocycles. The van der Waals surface area contributed by atoms with Crippen LogP contribution in [-0.4, -0.2) is 33.7 Å². The van der Waals surface area contributed by atoms with Crippen molar-refractivity contribution in [2.45, 2.75) is 25.5 Å². The van der Waals surface area contributed by atoms with E-state index in [2.05, 4.69) is 4.98 Å². The second kappa shape index (κ2) is 7.57. The van der Waals surface area contributed by atoms with Gasteiger partial charge in [-0.15, -0.1) is 0 Å². The molecular formula is C18H18N2O4S. The highest BCUT2D eigenvalue weighted by Crippen LogP contribution is 2.26. The first-order valence-corrected chi connectivity index (χ1v) is 8.99. The van der Waals surface area contributed by atoms with Crippen molar-refractivity contribution >= 4 is 34.5 Å². The Morgan fingerprint density at radius 1 is 1.28 bits per heavy atom. The van der Waals surface area contributed by atoms with E-state index in [1.807, 2.05) is 17.6 Å². The minimum absolute atomic E-state index is 0.0862. The van der Waals surface area contributed by atoms with Crippen LogP contribution in [0.1, 0.15) is 34.8 Å². The fourth-order valence-electron chi connectivity index (χ4n) is 2.50. The quantitative estimate of drug-likeness (QED) is 0.363. The summed E-state index contributed by atoms with van der Waals surface area (Å²) in [6.45, 7) is 4.83. The summed E-state index contributed by atoms with van der Waals surface area (Å²) in [7, 11) is 0. The number of thioether (sulfide) groups is 1. The van der Waals surface area contributed by atoms with Gasteiger partial charge < -0.3 is 13.7 Å². The average Bonchev–Trinajstić information content (AvgIpc) is 3.26. The smallest absolute Gasteiger partial charge is 0.338 e. The molecule has 0 amide bonds. The van der Waals surface area contributed by atoms with Gasteiger partial charge in [0.1, 0.15) is 0 Å².